The Kier molecular flexibility index (Phi) is 6.23. The van der Waals surface area contributed by atoms with Crippen LogP contribution in [0.15, 0.2) is 18.3 Å². The van der Waals surface area contributed by atoms with E-state index in [1.54, 1.807) is 19.1 Å². The Bertz CT molecular complexity index is 780. The van der Waals surface area contributed by atoms with Crippen LogP contribution in [-0.2, 0) is 14.3 Å². The van der Waals surface area contributed by atoms with Crippen molar-refractivity contribution in [3.8, 4) is 0 Å². The summed E-state index contributed by atoms with van der Waals surface area (Å²) in [4.78, 5) is 27.2. The maximum Gasteiger partial charge on any atom is 0.341 e. The van der Waals surface area contributed by atoms with Crippen LogP contribution in [0.1, 0.15) is 24.2 Å². The highest BCUT2D eigenvalue weighted by molar-refractivity contribution is 6.45. The molecule has 1 N–H and O–H groups in total. The Morgan fingerprint density at radius 3 is 2.67 bits per heavy atom. The van der Waals surface area contributed by atoms with Gasteiger partial charge in [-0.25, -0.2) is 4.79 Å². The molecule has 2 rings (SSSR count). The van der Waals surface area contributed by atoms with Gasteiger partial charge in [0.15, 0.2) is 0 Å². The fourth-order valence-corrected chi connectivity index (χ4v) is 2.50. The minimum Gasteiger partial charge on any atom is -0.464 e. The molecule has 0 atom stereocenters. The summed E-state index contributed by atoms with van der Waals surface area (Å²) in [7, 11) is 0. The quantitative estimate of drug-likeness (QED) is 0.616. The van der Waals surface area contributed by atoms with Gasteiger partial charge in [0.05, 0.1) is 27.9 Å². The van der Waals surface area contributed by atoms with Gasteiger partial charge in [0, 0.05) is 25.1 Å². The van der Waals surface area contributed by atoms with Crippen molar-refractivity contribution in [1.82, 2.24) is 4.98 Å². The van der Waals surface area contributed by atoms with Crippen LogP contribution in [0.3, 0.4) is 0 Å². The zero-order chi connectivity index (χ0) is 17.7. The van der Waals surface area contributed by atoms with Crippen LogP contribution in [0.25, 0.3) is 10.9 Å². The van der Waals surface area contributed by atoms with Gasteiger partial charge in [0.1, 0.15) is 12.2 Å². The number of carbonyl (C=O) groups excluding carboxylic acids is 2. The molecule has 0 bridgehead atoms. The van der Waals surface area contributed by atoms with Gasteiger partial charge in [-0.2, -0.15) is 0 Å². The third-order valence-electron chi connectivity index (χ3n) is 3.13. The molecule has 0 aliphatic carbocycles. The van der Waals surface area contributed by atoms with Gasteiger partial charge < -0.3 is 14.8 Å². The molecule has 0 fully saturated rings. The van der Waals surface area contributed by atoms with E-state index >= 15 is 0 Å². The Morgan fingerprint density at radius 1 is 1.25 bits per heavy atom. The van der Waals surface area contributed by atoms with Crippen LogP contribution in [0, 0.1) is 0 Å². The molecular weight excluding hydrogens is 355 g/mol. The van der Waals surface area contributed by atoms with E-state index in [9.17, 15) is 9.59 Å². The van der Waals surface area contributed by atoms with Gasteiger partial charge in [-0.1, -0.05) is 23.2 Å². The normalized spacial score (nSPS) is 10.5. The first-order valence-electron chi connectivity index (χ1n) is 7.26. The van der Waals surface area contributed by atoms with Crippen molar-refractivity contribution in [2.75, 3.05) is 25.1 Å². The van der Waals surface area contributed by atoms with Crippen molar-refractivity contribution < 1.29 is 19.1 Å². The summed E-state index contributed by atoms with van der Waals surface area (Å²) in [5.41, 5.74) is 1.24. The third kappa shape index (κ3) is 4.07. The second-order valence-corrected chi connectivity index (χ2v) is 5.58. The van der Waals surface area contributed by atoms with Gasteiger partial charge in [-0.05, 0) is 19.1 Å². The van der Waals surface area contributed by atoms with E-state index in [0.717, 1.165) is 0 Å². The van der Waals surface area contributed by atoms with Crippen LogP contribution >= 0.6 is 23.2 Å². The molecule has 1 aromatic heterocycles. The number of fused-ring (bicyclic) bond motifs is 1. The van der Waals surface area contributed by atoms with E-state index in [0.29, 0.717) is 33.2 Å². The highest BCUT2D eigenvalue weighted by atomic mass is 35.5. The number of carbonyl (C=O) groups is 2. The molecule has 0 spiro atoms. The molecule has 0 amide bonds. The first kappa shape index (κ1) is 18.3. The monoisotopic (exact) mass is 370 g/mol. The molecule has 128 valence electrons. The molecule has 1 heterocycles. The van der Waals surface area contributed by atoms with Crippen LogP contribution in [0.4, 0.5) is 5.69 Å². The minimum atomic E-state index is -0.507. The standard InChI is InChI=1S/C16H16Cl2N2O4/c1-3-23-16(22)11-8-20-15-10(4-5-12(17)13(15)18)14(11)19-6-7-24-9(2)21/h4-5,8H,3,6-7H2,1-2H3,(H,19,20). The number of ether oxygens (including phenoxy) is 2. The molecule has 8 heteroatoms. The van der Waals surface area contributed by atoms with Gasteiger partial charge >= 0.3 is 11.9 Å². The van der Waals surface area contributed by atoms with Crippen LogP contribution in [0.2, 0.25) is 10.0 Å². The second-order valence-electron chi connectivity index (χ2n) is 4.79. The van der Waals surface area contributed by atoms with Crippen molar-refractivity contribution in [2.45, 2.75) is 13.8 Å². The van der Waals surface area contributed by atoms with Gasteiger partial charge in [-0.15, -0.1) is 0 Å². The average Bonchev–Trinajstić information content (AvgIpc) is 2.54. The van der Waals surface area contributed by atoms with E-state index in [4.69, 9.17) is 32.7 Å². The fraction of sp³-hybridized carbons (Fsp3) is 0.312. The smallest absolute Gasteiger partial charge is 0.341 e. The molecule has 6 nitrogen and oxygen atoms in total. The van der Waals surface area contributed by atoms with Crippen molar-refractivity contribution >= 4 is 51.7 Å². The molecular formula is C16H16Cl2N2O4. The Morgan fingerprint density at radius 2 is 2.00 bits per heavy atom. The number of nitrogens with zero attached hydrogens (tertiary/aromatic N) is 1. The van der Waals surface area contributed by atoms with Gasteiger partial charge in [-0.3, -0.25) is 9.78 Å². The predicted octanol–water partition coefficient (Wildman–Crippen LogP) is 3.69. The van der Waals surface area contributed by atoms with Crippen molar-refractivity contribution in [2.24, 2.45) is 0 Å². The lowest BCUT2D eigenvalue weighted by molar-refractivity contribution is -0.140. The molecule has 0 saturated heterocycles. The molecule has 1 aromatic carbocycles. The molecule has 2 aromatic rings. The first-order chi connectivity index (χ1) is 11.5. The minimum absolute atomic E-state index is 0.155. The third-order valence-corrected chi connectivity index (χ3v) is 3.93. The average molecular weight is 371 g/mol. The zero-order valence-electron chi connectivity index (χ0n) is 13.2. The lowest BCUT2D eigenvalue weighted by Gasteiger charge is -2.15. The zero-order valence-corrected chi connectivity index (χ0v) is 14.7. The predicted molar refractivity (Wildman–Crippen MR) is 92.8 cm³/mol. The van der Waals surface area contributed by atoms with Crippen LogP contribution in [0.5, 0.6) is 0 Å². The van der Waals surface area contributed by atoms with E-state index < -0.39 is 5.97 Å². The highest BCUT2D eigenvalue weighted by Gasteiger charge is 2.18. The lowest BCUT2D eigenvalue weighted by atomic mass is 10.1. The summed E-state index contributed by atoms with van der Waals surface area (Å²) >= 11 is 12.2. The Labute approximate surface area is 149 Å². The summed E-state index contributed by atoms with van der Waals surface area (Å²) in [6.07, 6.45) is 1.39. The number of halogens is 2. The van der Waals surface area contributed by atoms with Crippen LogP contribution in [-0.4, -0.2) is 36.7 Å². The second kappa shape index (κ2) is 8.17. The maximum absolute atomic E-state index is 12.2. The largest absolute Gasteiger partial charge is 0.464 e. The molecule has 0 aliphatic rings. The molecule has 0 aliphatic heterocycles. The van der Waals surface area contributed by atoms with E-state index in [1.807, 2.05) is 0 Å². The van der Waals surface area contributed by atoms with Crippen molar-refractivity contribution in [3.05, 3.63) is 33.9 Å². The molecule has 0 saturated carbocycles. The van der Waals surface area contributed by atoms with E-state index in [2.05, 4.69) is 10.3 Å². The first-order valence-corrected chi connectivity index (χ1v) is 8.02. The number of esters is 2. The maximum atomic E-state index is 12.2. The SMILES string of the molecule is CCOC(=O)c1cnc2c(Cl)c(Cl)ccc2c1NCCOC(C)=O. The van der Waals surface area contributed by atoms with Crippen LogP contribution < -0.4 is 5.32 Å². The number of hydrogen-bond acceptors (Lipinski definition) is 6. The number of benzene rings is 1. The van der Waals surface area contributed by atoms with E-state index in [1.165, 1.54) is 13.1 Å². The number of anilines is 1. The summed E-state index contributed by atoms with van der Waals surface area (Å²) in [6.45, 7) is 3.75. The number of rotatable bonds is 6. The van der Waals surface area contributed by atoms with Gasteiger partial charge in [0.25, 0.3) is 0 Å². The number of aromatic nitrogens is 1. The van der Waals surface area contributed by atoms with Crippen molar-refractivity contribution in [3.63, 3.8) is 0 Å². The molecule has 0 radical (unpaired) electrons. The number of pyridine rings is 1. The fourth-order valence-electron chi connectivity index (χ4n) is 2.13. The van der Waals surface area contributed by atoms with Crippen molar-refractivity contribution in [1.29, 1.82) is 0 Å². The summed E-state index contributed by atoms with van der Waals surface area (Å²) in [5.74, 6) is -0.884. The molecule has 24 heavy (non-hydrogen) atoms. The summed E-state index contributed by atoms with van der Waals surface area (Å²) in [6, 6.07) is 3.34. The lowest BCUT2D eigenvalue weighted by Crippen LogP contribution is -2.16. The van der Waals surface area contributed by atoms with E-state index in [-0.39, 0.29) is 24.7 Å². The highest BCUT2D eigenvalue weighted by Crippen LogP contribution is 2.34. The number of nitrogens with one attached hydrogen (secondary N) is 1. The molecule has 0 unspecified atom stereocenters. The number of hydrogen-bond donors (Lipinski definition) is 1. The Balaban J connectivity index is 2.44. The summed E-state index contributed by atoms with van der Waals surface area (Å²) in [5, 5.41) is 4.37. The summed E-state index contributed by atoms with van der Waals surface area (Å²) < 4.78 is 9.94. The van der Waals surface area contributed by atoms with Gasteiger partial charge in [0.2, 0.25) is 0 Å². The Hall–Kier alpha value is -2.05. The topological polar surface area (TPSA) is 77.5 Å².